The number of ether oxygens (including phenoxy) is 1. The van der Waals surface area contributed by atoms with E-state index in [1.165, 1.54) is 0 Å². The Labute approximate surface area is 157 Å². The lowest BCUT2D eigenvalue weighted by atomic mass is 9.97. The number of carbonyl (C=O) groups excluding carboxylic acids is 2. The summed E-state index contributed by atoms with van der Waals surface area (Å²) >= 11 is 0. The summed E-state index contributed by atoms with van der Waals surface area (Å²) in [5, 5.41) is 3.58. The molecular formula is C24H18O3. The third kappa shape index (κ3) is 3.32. The molecule has 0 aliphatic carbocycles. The number of ketones is 1. The summed E-state index contributed by atoms with van der Waals surface area (Å²) in [6.07, 6.45) is 0. The molecule has 4 aromatic rings. The number of benzene rings is 4. The van der Waals surface area contributed by atoms with Gasteiger partial charge in [-0.3, -0.25) is 4.79 Å². The zero-order valence-electron chi connectivity index (χ0n) is 14.9. The molecule has 4 rings (SSSR count). The van der Waals surface area contributed by atoms with Gasteiger partial charge in [0.25, 0.3) is 0 Å². The van der Waals surface area contributed by atoms with Crippen LogP contribution in [0.2, 0.25) is 0 Å². The van der Waals surface area contributed by atoms with E-state index in [4.69, 9.17) is 4.74 Å². The van der Waals surface area contributed by atoms with Crippen LogP contribution in [0.1, 0.15) is 26.3 Å². The highest BCUT2D eigenvalue weighted by atomic mass is 16.5. The molecule has 4 aromatic carbocycles. The highest BCUT2D eigenvalue weighted by molar-refractivity contribution is 6.17. The summed E-state index contributed by atoms with van der Waals surface area (Å²) < 4.78 is 5.40. The summed E-state index contributed by atoms with van der Waals surface area (Å²) in [6.45, 7) is 1.68. The Morgan fingerprint density at radius 2 is 1.33 bits per heavy atom. The van der Waals surface area contributed by atoms with Crippen LogP contribution < -0.4 is 0 Å². The van der Waals surface area contributed by atoms with Gasteiger partial charge in [0.2, 0.25) is 0 Å². The minimum atomic E-state index is -0.483. The van der Waals surface area contributed by atoms with E-state index in [0.717, 1.165) is 27.1 Å². The topological polar surface area (TPSA) is 43.4 Å². The Bertz CT molecular complexity index is 1100. The Morgan fingerprint density at radius 1 is 0.778 bits per heavy atom. The maximum absolute atomic E-state index is 12.9. The van der Waals surface area contributed by atoms with Gasteiger partial charge in [-0.15, -0.1) is 0 Å². The first-order valence-corrected chi connectivity index (χ1v) is 8.81. The summed E-state index contributed by atoms with van der Waals surface area (Å²) in [5.74, 6) is -0.698. The monoisotopic (exact) mass is 354 g/mol. The van der Waals surface area contributed by atoms with Gasteiger partial charge in [0, 0.05) is 5.56 Å². The highest BCUT2D eigenvalue weighted by Gasteiger charge is 2.17. The van der Waals surface area contributed by atoms with Crippen molar-refractivity contribution >= 4 is 33.3 Å². The number of hydrogen-bond acceptors (Lipinski definition) is 3. The number of fused-ring (bicyclic) bond motifs is 2. The van der Waals surface area contributed by atoms with Gasteiger partial charge < -0.3 is 4.74 Å². The third-order valence-electron chi connectivity index (χ3n) is 4.68. The number of carbonyl (C=O) groups is 2. The van der Waals surface area contributed by atoms with Crippen molar-refractivity contribution in [1.82, 2.24) is 0 Å². The molecule has 0 atom stereocenters. The normalized spacial score (nSPS) is 10.9. The molecule has 132 valence electrons. The lowest BCUT2D eigenvalue weighted by molar-refractivity contribution is 0.0478. The zero-order chi connectivity index (χ0) is 18.8. The maximum Gasteiger partial charge on any atom is 0.339 e. The van der Waals surface area contributed by atoms with Crippen molar-refractivity contribution in [1.29, 1.82) is 0 Å². The second kappa shape index (κ2) is 7.04. The number of Topliss-reactive ketones (excluding diaryl/α,β-unsaturated/α-hetero) is 1. The van der Waals surface area contributed by atoms with E-state index in [9.17, 15) is 9.59 Å². The second-order valence-electron chi connectivity index (χ2n) is 6.56. The second-order valence-corrected chi connectivity index (χ2v) is 6.56. The first-order chi connectivity index (χ1) is 13.1. The third-order valence-corrected chi connectivity index (χ3v) is 4.68. The number of esters is 1. The molecule has 0 aliphatic heterocycles. The predicted octanol–water partition coefficient (Wildman–Crippen LogP) is 5.34. The molecule has 27 heavy (non-hydrogen) atoms. The van der Waals surface area contributed by atoms with Crippen molar-refractivity contribution in [2.75, 3.05) is 6.61 Å². The molecule has 3 heteroatoms. The van der Waals surface area contributed by atoms with Crippen LogP contribution in [0.4, 0.5) is 0 Å². The Morgan fingerprint density at radius 3 is 1.93 bits per heavy atom. The summed E-state index contributed by atoms with van der Waals surface area (Å²) in [7, 11) is 0. The fourth-order valence-corrected chi connectivity index (χ4v) is 3.26. The smallest absolute Gasteiger partial charge is 0.339 e. The van der Waals surface area contributed by atoms with E-state index in [0.29, 0.717) is 11.1 Å². The van der Waals surface area contributed by atoms with Gasteiger partial charge in [-0.1, -0.05) is 78.4 Å². The summed E-state index contributed by atoms with van der Waals surface area (Å²) in [5.41, 5.74) is 2.11. The molecule has 0 saturated heterocycles. The van der Waals surface area contributed by atoms with Gasteiger partial charge in [-0.05, 0) is 34.5 Å². The van der Waals surface area contributed by atoms with E-state index in [-0.39, 0.29) is 12.4 Å². The summed E-state index contributed by atoms with van der Waals surface area (Å²) in [6, 6.07) is 24.7. The Kier molecular flexibility index (Phi) is 4.43. The first-order valence-electron chi connectivity index (χ1n) is 8.81. The van der Waals surface area contributed by atoms with E-state index in [1.807, 2.05) is 67.6 Å². The Balaban J connectivity index is 1.67. The van der Waals surface area contributed by atoms with Crippen molar-refractivity contribution in [3.63, 3.8) is 0 Å². The van der Waals surface area contributed by atoms with Crippen LogP contribution in [-0.2, 0) is 4.74 Å². The van der Waals surface area contributed by atoms with Crippen molar-refractivity contribution in [3.05, 3.63) is 95.6 Å². The number of hydrogen-bond donors (Lipinski definition) is 0. The molecule has 3 nitrogen and oxygen atoms in total. The fraction of sp³-hybridized carbons (Fsp3) is 0.0833. The van der Waals surface area contributed by atoms with Crippen molar-refractivity contribution < 1.29 is 14.3 Å². The van der Waals surface area contributed by atoms with Crippen molar-refractivity contribution in [2.45, 2.75) is 6.92 Å². The predicted molar refractivity (Wildman–Crippen MR) is 107 cm³/mol. The van der Waals surface area contributed by atoms with Gasteiger partial charge in [0.1, 0.15) is 0 Å². The molecule has 0 heterocycles. The van der Waals surface area contributed by atoms with Crippen LogP contribution in [0, 0.1) is 6.92 Å². The minimum absolute atomic E-state index is 0.215. The van der Waals surface area contributed by atoms with Crippen LogP contribution in [-0.4, -0.2) is 18.4 Å². The quantitative estimate of drug-likeness (QED) is 0.282. The van der Waals surface area contributed by atoms with Gasteiger partial charge in [0.05, 0.1) is 5.56 Å². The van der Waals surface area contributed by atoms with Crippen LogP contribution in [0.25, 0.3) is 21.5 Å². The summed E-state index contributed by atoms with van der Waals surface area (Å²) in [4.78, 5) is 25.2. The van der Waals surface area contributed by atoms with Crippen LogP contribution in [0.3, 0.4) is 0 Å². The SMILES string of the molecule is Cc1ccc(C(=O)COC(=O)c2c3ccccc3cc3ccccc23)cc1. The van der Waals surface area contributed by atoms with Gasteiger partial charge >= 0.3 is 5.97 Å². The van der Waals surface area contributed by atoms with Gasteiger partial charge in [-0.2, -0.15) is 0 Å². The van der Waals surface area contributed by atoms with Crippen LogP contribution in [0.5, 0.6) is 0 Å². The largest absolute Gasteiger partial charge is 0.454 e. The van der Waals surface area contributed by atoms with Crippen molar-refractivity contribution in [3.8, 4) is 0 Å². The number of rotatable bonds is 4. The van der Waals surface area contributed by atoms with E-state index < -0.39 is 5.97 Å². The van der Waals surface area contributed by atoms with E-state index in [1.54, 1.807) is 12.1 Å². The van der Waals surface area contributed by atoms with E-state index >= 15 is 0 Å². The lowest BCUT2D eigenvalue weighted by Gasteiger charge is -2.11. The van der Waals surface area contributed by atoms with Gasteiger partial charge in [-0.25, -0.2) is 4.79 Å². The standard InChI is InChI=1S/C24H18O3/c1-16-10-12-17(13-11-16)22(25)15-27-24(26)23-20-8-4-2-6-18(20)14-19-7-3-5-9-21(19)23/h2-14H,15H2,1H3. The fourth-order valence-electron chi connectivity index (χ4n) is 3.26. The van der Waals surface area contributed by atoms with E-state index in [2.05, 4.69) is 6.07 Å². The first kappa shape index (κ1) is 17.0. The molecular weight excluding hydrogens is 336 g/mol. The van der Waals surface area contributed by atoms with Crippen molar-refractivity contribution in [2.24, 2.45) is 0 Å². The molecule has 0 N–H and O–H groups in total. The van der Waals surface area contributed by atoms with Crippen LogP contribution in [0.15, 0.2) is 78.9 Å². The molecule has 0 saturated carbocycles. The number of aryl methyl sites for hydroxylation is 1. The molecule has 0 unspecified atom stereocenters. The molecule has 0 aliphatic rings. The lowest BCUT2D eigenvalue weighted by Crippen LogP contribution is -2.15. The van der Waals surface area contributed by atoms with Gasteiger partial charge in [0.15, 0.2) is 12.4 Å². The van der Waals surface area contributed by atoms with Crippen LogP contribution >= 0.6 is 0 Å². The molecule has 0 amide bonds. The molecule has 0 radical (unpaired) electrons. The Hall–Kier alpha value is -3.46. The molecule has 0 spiro atoms. The average Bonchev–Trinajstić information content (AvgIpc) is 2.70. The zero-order valence-corrected chi connectivity index (χ0v) is 14.9. The minimum Gasteiger partial charge on any atom is -0.454 e. The molecule has 0 fully saturated rings. The average molecular weight is 354 g/mol. The highest BCUT2D eigenvalue weighted by Crippen LogP contribution is 2.29. The maximum atomic E-state index is 12.9. The molecule has 0 aromatic heterocycles. The molecule has 0 bridgehead atoms.